The summed E-state index contributed by atoms with van der Waals surface area (Å²) < 4.78 is 4.67. The van der Waals surface area contributed by atoms with Crippen molar-refractivity contribution in [3.63, 3.8) is 0 Å². The topological polar surface area (TPSA) is 114 Å². The number of hydrogen-bond acceptors (Lipinski definition) is 6. The van der Waals surface area contributed by atoms with Crippen LogP contribution in [0.4, 0.5) is 21.9 Å². The molecular formula is C21H26N5O4+. The van der Waals surface area contributed by atoms with Crippen LogP contribution in [0.5, 0.6) is 0 Å². The van der Waals surface area contributed by atoms with Crippen molar-refractivity contribution >= 4 is 35.0 Å². The smallest absolute Gasteiger partial charge is 0.414 e. The lowest BCUT2D eigenvalue weighted by atomic mass is 10.3. The average Bonchev–Trinajstić information content (AvgIpc) is 2.73. The lowest BCUT2D eigenvalue weighted by Gasteiger charge is -2.16. The van der Waals surface area contributed by atoms with E-state index >= 15 is 0 Å². The fourth-order valence-corrected chi connectivity index (χ4v) is 2.52. The molecule has 9 heteroatoms. The van der Waals surface area contributed by atoms with E-state index in [1.54, 1.807) is 31.2 Å². The molecule has 158 valence electrons. The number of nitrogens with one attached hydrogen (secondary N) is 3. The Balaban J connectivity index is 1.83. The number of benzene rings is 2. The molecule has 30 heavy (non-hydrogen) atoms. The number of alkyl carbamates (subject to hydrolysis) is 1. The van der Waals surface area contributed by atoms with Gasteiger partial charge in [-0.1, -0.05) is 18.2 Å². The number of carbonyl (C=O) groups excluding carboxylic acids is 3. The normalized spacial score (nSPS) is 11.7. The summed E-state index contributed by atoms with van der Waals surface area (Å²) >= 11 is 0. The maximum atomic E-state index is 12.3. The van der Waals surface area contributed by atoms with Gasteiger partial charge in [0.25, 0.3) is 11.8 Å². The van der Waals surface area contributed by atoms with Crippen LogP contribution >= 0.6 is 0 Å². The summed E-state index contributed by atoms with van der Waals surface area (Å²) in [4.78, 5) is 36.1. The number of quaternary nitrogens is 1. The Labute approximate surface area is 175 Å². The van der Waals surface area contributed by atoms with Gasteiger partial charge in [0, 0.05) is 5.69 Å². The number of rotatable bonds is 9. The predicted molar refractivity (Wildman–Crippen MR) is 112 cm³/mol. The van der Waals surface area contributed by atoms with E-state index in [2.05, 4.69) is 25.6 Å². The van der Waals surface area contributed by atoms with Crippen LogP contribution in [0.25, 0.3) is 0 Å². The lowest BCUT2D eigenvalue weighted by molar-refractivity contribution is -0.881. The van der Waals surface area contributed by atoms with Crippen LogP contribution in [-0.2, 0) is 14.3 Å². The van der Waals surface area contributed by atoms with Crippen LogP contribution in [0.1, 0.15) is 13.8 Å². The molecule has 0 heterocycles. The molecule has 0 aliphatic rings. The summed E-state index contributed by atoms with van der Waals surface area (Å²) in [6.45, 7) is 4.30. The first-order chi connectivity index (χ1) is 14.5. The Hall–Kier alpha value is -3.59. The summed E-state index contributed by atoms with van der Waals surface area (Å²) in [7, 11) is 0. The molecule has 2 rings (SSSR count). The molecule has 2 aromatic carbocycles. The molecule has 1 atom stereocenters. The minimum absolute atomic E-state index is 0.0124. The number of anilines is 1. The Morgan fingerprint density at radius 3 is 2.07 bits per heavy atom. The molecule has 9 nitrogen and oxygen atoms in total. The Kier molecular flexibility index (Phi) is 9.14. The number of amides is 3. The molecule has 1 unspecified atom stereocenters. The number of carbonyl (C=O) groups is 3. The molecular weight excluding hydrogens is 386 g/mol. The Morgan fingerprint density at radius 2 is 1.47 bits per heavy atom. The highest BCUT2D eigenvalue weighted by molar-refractivity contribution is 5.93. The van der Waals surface area contributed by atoms with E-state index < -0.39 is 12.0 Å². The van der Waals surface area contributed by atoms with E-state index in [9.17, 15) is 14.4 Å². The largest absolute Gasteiger partial charge is 0.450 e. The predicted octanol–water partition coefficient (Wildman–Crippen LogP) is 2.22. The fourth-order valence-electron chi connectivity index (χ4n) is 2.52. The Bertz CT molecular complexity index is 869. The van der Waals surface area contributed by atoms with Gasteiger partial charge in [-0.2, -0.15) is 10.2 Å². The molecule has 2 aromatic rings. The van der Waals surface area contributed by atoms with Crippen LogP contribution in [0.2, 0.25) is 0 Å². The number of hydrogen-bond donors (Lipinski definition) is 3. The standard InChI is InChI=1S/C21H25N5O4/c1-3-26(15-20(28)23-21(29)30-4-2)14-19(27)22-16-10-12-18(13-11-16)25-24-17-8-6-5-7-9-17/h5-13H,3-4,14-15H2,1-2H3,(H,22,27)(H,23,28,29)/p+1. The van der Waals surface area contributed by atoms with Gasteiger partial charge in [-0.3, -0.25) is 14.9 Å². The van der Waals surface area contributed by atoms with Crippen molar-refractivity contribution in [3.05, 3.63) is 54.6 Å². The third-order valence-electron chi connectivity index (χ3n) is 4.03. The molecule has 0 aliphatic carbocycles. The third-order valence-corrected chi connectivity index (χ3v) is 4.03. The zero-order valence-electron chi connectivity index (χ0n) is 17.1. The summed E-state index contributed by atoms with van der Waals surface area (Å²) in [5, 5.41) is 13.2. The quantitative estimate of drug-likeness (QED) is 0.548. The molecule has 3 amide bonds. The summed E-state index contributed by atoms with van der Waals surface area (Å²) in [6, 6.07) is 16.3. The second kappa shape index (κ2) is 12.1. The molecule has 0 bridgehead atoms. The zero-order valence-corrected chi connectivity index (χ0v) is 17.1. The first-order valence-electron chi connectivity index (χ1n) is 9.67. The number of nitrogens with zero attached hydrogens (tertiary/aromatic N) is 2. The molecule has 0 saturated carbocycles. The number of ether oxygens (including phenoxy) is 1. The van der Waals surface area contributed by atoms with Crippen molar-refractivity contribution in [3.8, 4) is 0 Å². The van der Waals surface area contributed by atoms with Crippen molar-refractivity contribution in [1.82, 2.24) is 5.32 Å². The average molecular weight is 412 g/mol. The van der Waals surface area contributed by atoms with Crippen molar-refractivity contribution in [2.24, 2.45) is 10.2 Å². The first-order valence-corrected chi connectivity index (χ1v) is 9.67. The van der Waals surface area contributed by atoms with Gasteiger partial charge in [0.1, 0.15) is 0 Å². The van der Waals surface area contributed by atoms with Gasteiger partial charge >= 0.3 is 6.09 Å². The highest BCUT2D eigenvalue weighted by atomic mass is 16.5. The fraction of sp³-hybridized carbons (Fsp3) is 0.286. The third kappa shape index (κ3) is 8.19. The minimum atomic E-state index is -0.785. The van der Waals surface area contributed by atoms with E-state index in [-0.39, 0.29) is 25.6 Å². The second-order valence-corrected chi connectivity index (χ2v) is 6.36. The monoisotopic (exact) mass is 412 g/mol. The van der Waals surface area contributed by atoms with Crippen LogP contribution in [-0.4, -0.2) is 44.1 Å². The van der Waals surface area contributed by atoms with Gasteiger partial charge < -0.3 is 15.0 Å². The molecule has 0 spiro atoms. The van der Waals surface area contributed by atoms with Gasteiger partial charge in [0.05, 0.1) is 24.5 Å². The molecule has 3 N–H and O–H groups in total. The van der Waals surface area contributed by atoms with E-state index in [1.807, 2.05) is 37.3 Å². The van der Waals surface area contributed by atoms with Gasteiger partial charge in [0.2, 0.25) is 0 Å². The first kappa shape index (κ1) is 22.7. The number of azo groups is 1. The van der Waals surface area contributed by atoms with Crippen molar-refractivity contribution in [2.45, 2.75) is 13.8 Å². The maximum Gasteiger partial charge on any atom is 0.414 e. The molecule has 0 aromatic heterocycles. The van der Waals surface area contributed by atoms with Gasteiger partial charge in [-0.15, -0.1) is 0 Å². The highest BCUT2D eigenvalue weighted by Crippen LogP contribution is 2.19. The minimum Gasteiger partial charge on any atom is -0.450 e. The highest BCUT2D eigenvalue weighted by Gasteiger charge is 2.18. The van der Waals surface area contributed by atoms with Crippen LogP contribution in [0, 0.1) is 0 Å². The maximum absolute atomic E-state index is 12.3. The van der Waals surface area contributed by atoms with Crippen molar-refractivity contribution in [1.29, 1.82) is 0 Å². The Morgan fingerprint density at radius 1 is 0.867 bits per heavy atom. The van der Waals surface area contributed by atoms with Crippen molar-refractivity contribution in [2.75, 3.05) is 31.6 Å². The van der Waals surface area contributed by atoms with Gasteiger partial charge in [-0.05, 0) is 50.2 Å². The van der Waals surface area contributed by atoms with E-state index in [1.165, 1.54) is 0 Å². The molecule has 0 saturated heterocycles. The summed E-state index contributed by atoms with van der Waals surface area (Å²) in [5.41, 5.74) is 2.03. The van der Waals surface area contributed by atoms with E-state index in [0.717, 1.165) is 5.69 Å². The molecule has 0 aliphatic heterocycles. The second-order valence-electron chi connectivity index (χ2n) is 6.36. The van der Waals surface area contributed by atoms with Gasteiger partial charge in [0.15, 0.2) is 13.1 Å². The molecule has 0 radical (unpaired) electrons. The van der Waals surface area contributed by atoms with Crippen LogP contribution in [0.15, 0.2) is 64.8 Å². The van der Waals surface area contributed by atoms with Crippen LogP contribution < -0.4 is 15.5 Å². The van der Waals surface area contributed by atoms with E-state index in [4.69, 9.17) is 0 Å². The molecule has 0 fully saturated rings. The summed E-state index contributed by atoms with van der Waals surface area (Å²) in [5.74, 6) is -0.735. The van der Waals surface area contributed by atoms with Crippen LogP contribution in [0.3, 0.4) is 0 Å². The zero-order chi connectivity index (χ0) is 21.8. The van der Waals surface area contributed by atoms with Crippen molar-refractivity contribution < 1.29 is 24.0 Å². The number of imide groups is 1. The van der Waals surface area contributed by atoms with Gasteiger partial charge in [-0.25, -0.2) is 4.79 Å². The van der Waals surface area contributed by atoms with E-state index in [0.29, 0.717) is 22.8 Å². The summed E-state index contributed by atoms with van der Waals surface area (Å²) in [6.07, 6.45) is -0.785. The lowest BCUT2D eigenvalue weighted by Crippen LogP contribution is -3.14. The SMILES string of the molecule is CCOC(=O)NC(=O)C[NH+](CC)CC(=O)Nc1ccc(N=Nc2ccccc2)cc1. The number of likely N-dealkylation sites (N-methyl/N-ethyl adjacent to an activating group) is 1.